The molecule has 2 aromatic rings. The van der Waals surface area contributed by atoms with Crippen molar-refractivity contribution in [2.24, 2.45) is 0 Å². The predicted octanol–water partition coefficient (Wildman–Crippen LogP) is 4.41. The number of aldehydes is 1. The largest absolute Gasteiger partial charge is 0.490 e. The molecule has 0 aromatic heterocycles. The van der Waals surface area contributed by atoms with Crippen LogP contribution in [0.15, 0.2) is 45.3 Å². The van der Waals surface area contributed by atoms with Crippen molar-refractivity contribution >= 4 is 44.1 Å². The van der Waals surface area contributed by atoms with E-state index in [1.165, 1.54) is 12.1 Å². The number of hydrogen-bond acceptors (Lipinski definition) is 5. The summed E-state index contributed by atoms with van der Waals surface area (Å²) in [6, 6.07) is 9.92. The van der Waals surface area contributed by atoms with Crippen molar-refractivity contribution < 1.29 is 23.8 Å². The number of ether oxygens (including phenoxy) is 3. The Balaban J connectivity index is 2.02. The maximum Gasteiger partial charge on any atom is 0.349 e. The lowest BCUT2D eigenvalue weighted by Gasteiger charge is -2.12. The first-order chi connectivity index (χ1) is 11.5. The molecule has 0 N–H and O–H groups in total. The molecule has 2 rings (SSSR count). The van der Waals surface area contributed by atoms with Crippen LogP contribution < -0.4 is 14.2 Å². The van der Waals surface area contributed by atoms with Crippen LogP contribution in [0.1, 0.15) is 17.3 Å². The molecule has 0 amide bonds. The van der Waals surface area contributed by atoms with Gasteiger partial charge < -0.3 is 14.2 Å². The van der Waals surface area contributed by atoms with Crippen LogP contribution in [0, 0.1) is 0 Å². The molecule has 0 bridgehead atoms. The molecule has 24 heavy (non-hydrogen) atoms. The summed E-state index contributed by atoms with van der Waals surface area (Å²) in [7, 11) is 0. The van der Waals surface area contributed by atoms with Gasteiger partial charge in [0.2, 0.25) is 0 Å². The Bertz CT molecular complexity index is 746. The summed E-state index contributed by atoms with van der Waals surface area (Å²) in [5.41, 5.74) is 0.438. The first-order valence-electron chi connectivity index (χ1n) is 7.04. The fourth-order valence-electron chi connectivity index (χ4n) is 1.83. The van der Waals surface area contributed by atoms with Crippen LogP contribution in [-0.2, 0) is 4.79 Å². The molecule has 0 aliphatic heterocycles. The van der Waals surface area contributed by atoms with E-state index in [4.69, 9.17) is 14.2 Å². The number of hydrogen-bond donors (Lipinski definition) is 0. The molecule has 0 fully saturated rings. The average molecular weight is 458 g/mol. The Morgan fingerprint density at radius 2 is 1.79 bits per heavy atom. The Hall–Kier alpha value is -1.86. The van der Waals surface area contributed by atoms with Crippen molar-refractivity contribution in [1.82, 2.24) is 0 Å². The Labute approximate surface area is 156 Å². The molecule has 0 saturated carbocycles. The third-order valence-electron chi connectivity index (χ3n) is 2.87. The van der Waals surface area contributed by atoms with Crippen LogP contribution in [0.3, 0.4) is 0 Å². The second-order valence-electron chi connectivity index (χ2n) is 4.59. The van der Waals surface area contributed by atoms with Crippen molar-refractivity contribution in [2.45, 2.75) is 6.92 Å². The van der Waals surface area contributed by atoms with Crippen LogP contribution >= 0.6 is 31.9 Å². The SMILES string of the molecule is CCOc1cc(C=O)ccc1OC(=O)COc1ccc(Br)cc1Br. The second kappa shape index (κ2) is 8.84. The lowest BCUT2D eigenvalue weighted by molar-refractivity contribution is -0.136. The standard InChI is InChI=1S/C17H14Br2O5/c1-2-22-16-7-11(9-20)3-5-15(16)24-17(21)10-23-14-6-4-12(18)8-13(14)19/h3-9H,2,10H2,1H3. The third kappa shape index (κ3) is 5.07. The molecule has 0 saturated heterocycles. The summed E-state index contributed by atoms with van der Waals surface area (Å²) in [4.78, 5) is 22.8. The summed E-state index contributed by atoms with van der Waals surface area (Å²) < 4.78 is 17.7. The second-order valence-corrected chi connectivity index (χ2v) is 6.36. The molecule has 5 nitrogen and oxygen atoms in total. The highest BCUT2D eigenvalue weighted by Crippen LogP contribution is 2.30. The number of carbonyl (C=O) groups is 2. The molecular weight excluding hydrogens is 444 g/mol. The molecule has 0 atom stereocenters. The van der Waals surface area contributed by atoms with Crippen LogP contribution in [0.4, 0.5) is 0 Å². The van der Waals surface area contributed by atoms with Gasteiger partial charge in [0.05, 0.1) is 11.1 Å². The topological polar surface area (TPSA) is 61.8 Å². The lowest BCUT2D eigenvalue weighted by atomic mass is 10.2. The van der Waals surface area contributed by atoms with Gasteiger partial charge in [0.15, 0.2) is 18.1 Å². The van der Waals surface area contributed by atoms with Crippen molar-refractivity contribution in [3.05, 3.63) is 50.9 Å². The highest BCUT2D eigenvalue weighted by molar-refractivity contribution is 9.11. The van der Waals surface area contributed by atoms with Gasteiger partial charge in [-0.05, 0) is 59.3 Å². The summed E-state index contributed by atoms with van der Waals surface area (Å²) in [6.45, 7) is 1.92. The van der Waals surface area contributed by atoms with E-state index in [1.807, 2.05) is 6.07 Å². The van der Waals surface area contributed by atoms with E-state index >= 15 is 0 Å². The molecule has 0 aliphatic rings. The highest BCUT2D eigenvalue weighted by atomic mass is 79.9. The number of esters is 1. The molecule has 126 valence electrons. The molecule has 7 heteroatoms. The minimum atomic E-state index is -0.579. The van der Waals surface area contributed by atoms with Gasteiger partial charge in [-0.25, -0.2) is 4.79 Å². The summed E-state index contributed by atoms with van der Waals surface area (Å²) in [5, 5.41) is 0. The monoisotopic (exact) mass is 456 g/mol. The van der Waals surface area contributed by atoms with Gasteiger partial charge in [-0.3, -0.25) is 4.79 Å². The van der Waals surface area contributed by atoms with Crippen LogP contribution in [0.25, 0.3) is 0 Å². The molecule has 0 radical (unpaired) electrons. The summed E-state index contributed by atoms with van der Waals surface area (Å²) >= 11 is 6.69. The normalized spacial score (nSPS) is 10.1. The van der Waals surface area contributed by atoms with Crippen LogP contribution in [0.5, 0.6) is 17.2 Å². The smallest absolute Gasteiger partial charge is 0.349 e. The third-order valence-corrected chi connectivity index (χ3v) is 3.98. The van der Waals surface area contributed by atoms with Crippen LogP contribution in [-0.4, -0.2) is 25.5 Å². The average Bonchev–Trinajstić information content (AvgIpc) is 2.56. The fraction of sp³-hybridized carbons (Fsp3) is 0.176. The van der Waals surface area contributed by atoms with Gasteiger partial charge in [0, 0.05) is 10.0 Å². The Morgan fingerprint density at radius 3 is 2.46 bits per heavy atom. The van der Waals surface area contributed by atoms with E-state index in [9.17, 15) is 9.59 Å². The zero-order valence-electron chi connectivity index (χ0n) is 12.8. The molecule has 0 unspecified atom stereocenters. The van der Waals surface area contributed by atoms with Crippen LogP contribution in [0.2, 0.25) is 0 Å². The lowest BCUT2D eigenvalue weighted by Crippen LogP contribution is -2.18. The maximum atomic E-state index is 12.0. The van der Waals surface area contributed by atoms with Gasteiger partial charge in [-0.2, -0.15) is 0 Å². The van der Waals surface area contributed by atoms with E-state index in [-0.39, 0.29) is 12.4 Å². The van der Waals surface area contributed by atoms with Crippen molar-refractivity contribution in [3.8, 4) is 17.2 Å². The summed E-state index contributed by atoms with van der Waals surface area (Å²) in [6.07, 6.45) is 0.697. The van der Waals surface area contributed by atoms with Gasteiger partial charge in [0.25, 0.3) is 0 Å². The van der Waals surface area contributed by atoms with E-state index in [1.54, 1.807) is 25.1 Å². The molecule has 0 heterocycles. The van der Waals surface area contributed by atoms with Gasteiger partial charge in [0.1, 0.15) is 12.0 Å². The van der Waals surface area contributed by atoms with Crippen molar-refractivity contribution in [2.75, 3.05) is 13.2 Å². The fourth-order valence-corrected chi connectivity index (χ4v) is 2.99. The number of benzene rings is 2. The Kier molecular flexibility index (Phi) is 6.81. The number of halogens is 2. The van der Waals surface area contributed by atoms with Crippen molar-refractivity contribution in [3.63, 3.8) is 0 Å². The molecule has 0 aliphatic carbocycles. The maximum absolute atomic E-state index is 12.0. The first kappa shape index (κ1) is 18.5. The minimum Gasteiger partial charge on any atom is -0.490 e. The van der Waals surface area contributed by atoms with Gasteiger partial charge in [-0.1, -0.05) is 15.9 Å². The quantitative estimate of drug-likeness (QED) is 0.350. The molecular formula is C17H14Br2O5. The van der Waals surface area contributed by atoms with E-state index in [0.29, 0.717) is 30.0 Å². The number of rotatable bonds is 7. The highest BCUT2D eigenvalue weighted by Gasteiger charge is 2.13. The predicted molar refractivity (Wildman–Crippen MR) is 96.0 cm³/mol. The Morgan fingerprint density at radius 1 is 1.04 bits per heavy atom. The van der Waals surface area contributed by atoms with E-state index in [2.05, 4.69) is 31.9 Å². The first-order valence-corrected chi connectivity index (χ1v) is 8.62. The number of carbonyl (C=O) groups excluding carboxylic acids is 2. The zero-order chi connectivity index (χ0) is 17.5. The van der Waals surface area contributed by atoms with Gasteiger partial charge >= 0.3 is 5.97 Å². The van der Waals surface area contributed by atoms with Crippen molar-refractivity contribution in [1.29, 1.82) is 0 Å². The van der Waals surface area contributed by atoms with E-state index in [0.717, 1.165) is 8.95 Å². The van der Waals surface area contributed by atoms with Gasteiger partial charge in [-0.15, -0.1) is 0 Å². The zero-order valence-corrected chi connectivity index (χ0v) is 15.9. The molecule has 2 aromatic carbocycles. The molecule has 0 spiro atoms. The minimum absolute atomic E-state index is 0.242. The summed E-state index contributed by atoms with van der Waals surface area (Å²) in [5.74, 6) is 0.521. The van der Waals surface area contributed by atoms with E-state index < -0.39 is 5.97 Å².